The van der Waals surface area contributed by atoms with Gasteiger partial charge in [-0.25, -0.2) is 0 Å². The highest BCUT2D eigenvalue weighted by Crippen LogP contribution is 2.21. The number of benzene rings is 1. The van der Waals surface area contributed by atoms with Crippen LogP contribution in [0.15, 0.2) is 40.6 Å². The van der Waals surface area contributed by atoms with Crippen LogP contribution in [0.5, 0.6) is 0 Å². The minimum Gasteiger partial charge on any atom is -0.360 e. The fourth-order valence-corrected chi connectivity index (χ4v) is 2.11. The van der Waals surface area contributed by atoms with Crippen molar-refractivity contribution in [2.45, 2.75) is 27.2 Å². The van der Waals surface area contributed by atoms with E-state index in [1.807, 2.05) is 38.1 Å². The predicted molar refractivity (Wildman–Crippen MR) is 87.7 cm³/mol. The fraction of sp³-hybridized carbons (Fsp3) is 0.235. The Morgan fingerprint density at radius 2 is 2.22 bits per heavy atom. The molecule has 118 valence electrons. The monoisotopic (exact) mass is 310 g/mol. The van der Waals surface area contributed by atoms with E-state index in [0.29, 0.717) is 11.6 Å². The van der Waals surface area contributed by atoms with Crippen LogP contribution in [0.3, 0.4) is 0 Å². The number of para-hydroxylation sites is 1. The molecule has 0 saturated carbocycles. The molecule has 6 heteroatoms. The van der Waals surface area contributed by atoms with Crippen LogP contribution in [0.2, 0.25) is 0 Å². The molecule has 0 spiro atoms. The zero-order valence-corrected chi connectivity index (χ0v) is 13.3. The average Bonchev–Trinajstić information content (AvgIpc) is 2.95. The van der Waals surface area contributed by atoms with Crippen LogP contribution in [-0.2, 0) is 11.2 Å². The van der Waals surface area contributed by atoms with Gasteiger partial charge in [0.05, 0.1) is 0 Å². The Morgan fingerprint density at radius 1 is 1.43 bits per heavy atom. The molecule has 2 N–H and O–H groups in total. The number of nitrogens with one attached hydrogen (secondary N) is 2. The van der Waals surface area contributed by atoms with Crippen molar-refractivity contribution in [3.05, 3.63) is 52.9 Å². The Bertz CT molecular complexity index is 784. The second-order valence-electron chi connectivity index (χ2n) is 5.05. The summed E-state index contributed by atoms with van der Waals surface area (Å²) in [4.78, 5) is 12.3. The summed E-state index contributed by atoms with van der Waals surface area (Å²) < 4.78 is 4.91. The van der Waals surface area contributed by atoms with E-state index in [-0.39, 0.29) is 5.57 Å². The van der Waals surface area contributed by atoms with Crippen molar-refractivity contribution in [3.8, 4) is 6.07 Å². The molecule has 1 heterocycles. The number of anilines is 2. The van der Waals surface area contributed by atoms with Gasteiger partial charge in [0, 0.05) is 18.0 Å². The van der Waals surface area contributed by atoms with E-state index < -0.39 is 5.91 Å². The number of carbonyl (C=O) groups excluding carboxylic acids is 1. The van der Waals surface area contributed by atoms with Gasteiger partial charge in [-0.3, -0.25) is 4.79 Å². The number of aromatic nitrogens is 1. The number of hydrogen-bond acceptors (Lipinski definition) is 5. The summed E-state index contributed by atoms with van der Waals surface area (Å²) in [6, 6.07) is 9.37. The molecule has 1 amide bonds. The molecule has 0 aliphatic rings. The first-order chi connectivity index (χ1) is 11.0. The number of carbonyl (C=O) groups is 1. The van der Waals surface area contributed by atoms with Crippen LogP contribution in [0.4, 0.5) is 11.5 Å². The molecule has 0 atom stereocenters. The molecule has 0 aliphatic carbocycles. The molecule has 2 aromatic rings. The largest absolute Gasteiger partial charge is 0.360 e. The van der Waals surface area contributed by atoms with Crippen molar-refractivity contribution in [1.29, 1.82) is 5.26 Å². The van der Waals surface area contributed by atoms with Gasteiger partial charge >= 0.3 is 0 Å². The van der Waals surface area contributed by atoms with Gasteiger partial charge in [-0.1, -0.05) is 30.3 Å². The minimum atomic E-state index is -0.468. The van der Waals surface area contributed by atoms with Crippen LogP contribution >= 0.6 is 0 Å². The smallest absolute Gasteiger partial charge is 0.267 e. The third-order valence-electron chi connectivity index (χ3n) is 3.34. The topological polar surface area (TPSA) is 91.0 Å². The van der Waals surface area contributed by atoms with Crippen molar-refractivity contribution < 1.29 is 9.32 Å². The second kappa shape index (κ2) is 7.27. The van der Waals surface area contributed by atoms with E-state index in [2.05, 4.69) is 15.8 Å². The maximum Gasteiger partial charge on any atom is 0.267 e. The van der Waals surface area contributed by atoms with Crippen molar-refractivity contribution in [3.63, 3.8) is 0 Å². The maximum absolute atomic E-state index is 12.3. The second-order valence-corrected chi connectivity index (χ2v) is 5.05. The summed E-state index contributed by atoms with van der Waals surface area (Å²) in [6.07, 6.45) is 2.11. The molecule has 0 unspecified atom stereocenters. The van der Waals surface area contributed by atoms with E-state index in [0.717, 1.165) is 23.2 Å². The van der Waals surface area contributed by atoms with Crippen LogP contribution in [-0.4, -0.2) is 11.1 Å². The third kappa shape index (κ3) is 3.98. The molecular weight excluding hydrogens is 292 g/mol. The molecular formula is C17H18N4O2. The number of aryl methyl sites for hydroxylation is 3. The fourth-order valence-electron chi connectivity index (χ4n) is 2.11. The zero-order chi connectivity index (χ0) is 16.8. The quantitative estimate of drug-likeness (QED) is 0.653. The lowest BCUT2D eigenvalue weighted by molar-refractivity contribution is -0.112. The number of hydrogen-bond donors (Lipinski definition) is 2. The molecule has 1 aromatic heterocycles. The Labute approximate surface area is 134 Å². The van der Waals surface area contributed by atoms with Crippen molar-refractivity contribution >= 4 is 17.4 Å². The Kier molecular flexibility index (Phi) is 5.15. The van der Waals surface area contributed by atoms with Crippen LogP contribution in [0, 0.1) is 25.2 Å². The Balaban J connectivity index is 2.16. The van der Waals surface area contributed by atoms with Gasteiger partial charge < -0.3 is 15.2 Å². The predicted octanol–water partition coefficient (Wildman–Crippen LogP) is 3.31. The number of nitriles is 1. The van der Waals surface area contributed by atoms with E-state index in [1.165, 1.54) is 6.20 Å². The van der Waals surface area contributed by atoms with Gasteiger partial charge in [-0.15, -0.1) is 0 Å². The van der Waals surface area contributed by atoms with E-state index in [9.17, 15) is 10.1 Å². The first-order valence-electron chi connectivity index (χ1n) is 7.25. The Hall–Kier alpha value is -3.07. The van der Waals surface area contributed by atoms with Crippen LogP contribution < -0.4 is 10.6 Å². The maximum atomic E-state index is 12.3. The lowest BCUT2D eigenvalue weighted by atomic mass is 10.1. The lowest BCUT2D eigenvalue weighted by Crippen LogP contribution is -2.16. The number of amides is 1. The summed E-state index contributed by atoms with van der Waals surface area (Å²) in [5.74, 6) is 0.605. The number of nitrogens with zero attached hydrogens (tertiary/aromatic N) is 2. The van der Waals surface area contributed by atoms with Gasteiger partial charge in [-0.05, 0) is 31.4 Å². The van der Waals surface area contributed by atoms with Crippen molar-refractivity contribution in [2.75, 3.05) is 10.6 Å². The molecule has 2 rings (SSSR count). The minimum absolute atomic E-state index is 0.0454. The van der Waals surface area contributed by atoms with E-state index >= 15 is 0 Å². The van der Waals surface area contributed by atoms with Gasteiger partial charge in [0.25, 0.3) is 5.91 Å². The van der Waals surface area contributed by atoms with Crippen molar-refractivity contribution in [1.82, 2.24) is 5.16 Å². The van der Waals surface area contributed by atoms with Crippen LogP contribution in [0.1, 0.15) is 23.8 Å². The summed E-state index contributed by atoms with van der Waals surface area (Å²) in [6.45, 7) is 5.69. The van der Waals surface area contributed by atoms with Gasteiger partial charge in [0.15, 0.2) is 5.82 Å². The molecule has 0 fully saturated rings. The molecule has 6 nitrogen and oxygen atoms in total. The molecule has 0 radical (unpaired) electrons. The van der Waals surface area contributed by atoms with Gasteiger partial charge in [-0.2, -0.15) is 5.26 Å². The average molecular weight is 310 g/mol. The summed E-state index contributed by atoms with van der Waals surface area (Å²) in [5, 5.41) is 18.5. The Morgan fingerprint density at radius 3 is 2.83 bits per heavy atom. The first-order valence-corrected chi connectivity index (χ1v) is 7.25. The normalized spacial score (nSPS) is 11.0. The number of rotatable bonds is 5. The summed E-state index contributed by atoms with van der Waals surface area (Å²) in [7, 11) is 0. The summed E-state index contributed by atoms with van der Waals surface area (Å²) >= 11 is 0. The highest BCUT2D eigenvalue weighted by Gasteiger charge is 2.13. The van der Waals surface area contributed by atoms with Gasteiger partial charge in [0.2, 0.25) is 0 Å². The highest BCUT2D eigenvalue weighted by atomic mass is 16.5. The highest BCUT2D eigenvalue weighted by molar-refractivity contribution is 6.07. The van der Waals surface area contributed by atoms with Crippen molar-refractivity contribution in [2.24, 2.45) is 0 Å². The molecule has 23 heavy (non-hydrogen) atoms. The molecule has 0 saturated heterocycles. The van der Waals surface area contributed by atoms with E-state index in [4.69, 9.17) is 4.52 Å². The van der Waals surface area contributed by atoms with Crippen LogP contribution in [0.25, 0.3) is 0 Å². The lowest BCUT2D eigenvalue weighted by Gasteiger charge is -2.12. The van der Waals surface area contributed by atoms with E-state index in [1.54, 1.807) is 13.0 Å². The molecule has 1 aromatic carbocycles. The molecule has 0 bridgehead atoms. The third-order valence-corrected chi connectivity index (χ3v) is 3.34. The first kappa shape index (κ1) is 16.3. The summed E-state index contributed by atoms with van der Waals surface area (Å²) in [5.41, 5.74) is 2.68. The zero-order valence-electron chi connectivity index (χ0n) is 13.3. The molecule has 0 aliphatic heterocycles. The standard InChI is InChI=1S/C17H18N4O2/c1-4-13-7-5-6-11(2)16(13)20-17(22)14(9-18)10-19-15-8-12(3)23-21-15/h5-8,10H,4H2,1-3H3,(H,19,21)(H,20,22)/b14-10-. The SMILES string of the molecule is CCc1cccc(C)c1NC(=O)/C(C#N)=C\Nc1cc(C)on1. The van der Waals surface area contributed by atoms with Gasteiger partial charge in [0.1, 0.15) is 17.4 Å².